The van der Waals surface area contributed by atoms with E-state index < -0.39 is 17.1 Å². The van der Waals surface area contributed by atoms with Crippen LogP contribution in [-0.2, 0) is 0 Å². The van der Waals surface area contributed by atoms with E-state index in [0.717, 1.165) is 0 Å². The summed E-state index contributed by atoms with van der Waals surface area (Å²) >= 11 is 6.03. The van der Waals surface area contributed by atoms with Crippen LogP contribution in [0.2, 0.25) is 5.02 Å². The lowest BCUT2D eigenvalue weighted by atomic mass is 10.2. The first-order valence-corrected chi connectivity index (χ1v) is 10.3. The lowest BCUT2D eigenvalue weighted by Crippen LogP contribution is -2.18. The van der Waals surface area contributed by atoms with E-state index in [-0.39, 0.29) is 33.5 Å². The van der Waals surface area contributed by atoms with Gasteiger partial charge < -0.3 is 4.74 Å². The molecule has 0 saturated carbocycles. The summed E-state index contributed by atoms with van der Waals surface area (Å²) in [4.78, 5) is 13.0. The molecule has 3 aromatic heterocycles. The highest BCUT2D eigenvalue weighted by Gasteiger charge is 2.20. The van der Waals surface area contributed by atoms with Crippen molar-refractivity contribution in [2.45, 2.75) is 0 Å². The van der Waals surface area contributed by atoms with Crippen molar-refractivity contribution in [2.24, 2.45) is 0 Å². The molecule has 0 radical (unpaired) electrons. The Hall–Kier alpha value is -4.31. The van der Waals surface area contributed by atoms with Crippen molar-refractivity contribution in [3.05, 3.63) is 100 Å². The van der Waals surface area contributed by atoms with Gasteiger partial charge in [-0.3, -0.25) is 4.79 Å². The van der Waals surface area contributed by atoms with Crippen LogP contribution in [0.5, 0.6) is 5.75 Å². The summed E-state index contributed by atoms with van der Waals surface area (Å²) < 4.78 is 38.7. The first-order chi connectivity index (χ1) is 16.5. The molecule has 0 unspecified atom stereocenters. The van der Waals surface area contributed by atoms with Crippen LogP contribution in [0, 0.1) is 11.6 Å². The first-order valence-electron chi connectivity index (χ1n) is 9.94. The summed E-state index contributed by atoms with van der Waals surface area (Å²) in [6, 6.07) is 11.6. The Kier molecular flexibility index (Phi) is 5.42. The third kappa shape index (κ3) is 3.73. The molecular formula is C23H15ClF2N6O2. The minimum Gasteiger partial charge on any atom is -0.491 e. The molecule has 170 valence electrons. The number of aromatic nitrogens is 6. The molecule has 34 heavy (non-hydrogen) atoms. The molecule has 0 aliphatic carbocycles. The average molecular weight is 481 g/mol. The molecular weight excluding hydrogens is 466 g/mol. The van der Waals surface area contributed by atoms with Gasteiger partial charge >= 0.3 is 0 Å². The van der Waals surface area contributed by atoms with Crippen LogP contribution in [0.1, 0.15) is 0 Å². The minimum atomic E-state index is -0.605. The lowest BCUT2D eigenvalue weighted by Gasteiger charge is -2.13. The van der Waals surface area contributed by atoms with Crippen LogP contribution in [-0.4, -0.2) is 36.5 Å². The molecule has 0 N–H and O–H groups in total. The Balaban J connectivity index is 1.67. The largest absolute Gasteiger partial charge is 0.491 e. The summed E-state index contributed by atoms with van der Waals surface area (Å²) in [5, 5.41) is 12.8. The Labute approximate surface area is 196 Å². The van der Waals surface area contributed by atoms with Crippen molar-refractivity contribution in [1.29, 1.82) is 0 Å². The predicted octanol–water partition coefficient (Wildman–Crippen LogP) is 4.21. The molecule has 0 fully saturated rings. The van der Waals surface area contributed by atoms with Crippen LogP contribution in [0.15, 0.2) is 78.1 Å². The third-order valence-electron chi connectivity index (χ3n) is 5.07. The maximum atomic E-state index is 15.1. The van der Waals surface area contributed by atoms with Crippen LogP contribution in [0.3, 0.4) is 0 Å². The third-order valence-corrected chi connectivity index (χ3v) is 5.31. The van der Waals surface area contributed by atoms with E-state index in [4.69, 9.17) is 16.3 Å². The second-order valence-electron chi connectivity index (χ2n) is 7.13. The van der Waals surface area contributed by atoms with Gasteiger partial charge in [0.25, 0.3) is 5.43 Å². The van der Waals surface area contributed by atoms with Crippen molar-refractivity contribution in [3.8, 4) is 34.2 Å². The molecule has 0 saturated heterocycles. The lowest BCUT2D eigenvalue weighted by molar-refractivity contribution is 0.405. The Morgan fingerprint density at radius 3 is 2.53 bits per heavy atom. The summed E-state index contributed by atoms with van der Waals surface area (Å²) in [7, 11) is 1.32. The molecule has 8 nitrogen and oxygen atoms in total. The van der Waals surface area contributed by atoms with Gasteiger partial charge in [-0.25, -0.2) is 22.8 Å². The van der Waals surface area contributed by atoms with Gasteiger partial charge in [0.2, 0.25) is 0 Å². The van der Waals surface area contributed by atoms with E-state index in [1.807, 2.05) is 0 Å². The van der Waals surface area contributed by atoms with E-state index in [0.29, 0.717) is 5.69 Å². The van der Waals surface area contributed by atoms with Crippen molar-refractivity contribution in [1.82, 2.24) is 29.3 Å². The highest BCUT2D eigenvalue weighted by Crippen LogP contribution is 2.25. The number of hydrogen-bond donors (Lipinski definition) is 0. The highest BCUT2D eigenvalue weighted by atomic mass is 35.5. The van der Waals surface area contributed by atoms with Crippen LogP contribution in [0.4, 0.5) is 8.78 Å². The molecule has 2 aromatic carbocycles. The number of benzene rings is 2. The summed E-state index contributed by atoms with van der Waals surface area (Å²) in [6.07, 6.45) is 5.93. The zero-order valence-corrected chi connectivity index (χ0v) is 18.3. The van der Waals surface area contributed by atoms with Crippen LogP contribution in [0.25, 0.3) is 28.5 Å². The number of hydrogen-bond acceptors (Lipinski definition) is 5. The number of ether oxygens (including phenoxy) is 1. The minimum absolute atomic E-state index is 0.0258. The van der Waals surface area contributed by atoms with Gasteiger partial charge in [-0.05, 0) is 42.5 Å². The zero-order chi connectivity index (χ0) is 23.8. The Bertz CT molecular complexity index is 1560. The summed E-state index contributed by atoms with van der Waals surface area (Å²) in [5.41, 5.74) is 0.0814. The molecule has 3 heterocycles. The number of methoxy groups -OCH3 is 1. The van der Waals surface area contributed by atoms with E-state index in [2.05, 4.69) is 15.3 Å². The summed E-state index contributed by atoms with van der Waals surface area (Å²) in [6.45, 7) is 0. The van der Waals surface area contributed by atoms with Gasteiger partial charge in [0.05, 0.1) is 30.9 Å². The fourth-order valence-corrected chi connectivity index (χ4v) is 3.64. The molecule has 0 atom stereocenters. The van der Waals surface area contributed by atoms with Crippen LogP contribution < -0.4 is 10.2 Å². The Morgan fingerprint density at radius 2 is 1.79 bits per heavy atom. The summed E-state index contributed by atoms with van der Waals surface area (Å²) in [5.74, 6) is -1.29. The van der Waals surface area contributed by atoms with Crippen LogP contribution >= 0.6 is 11.6 Å². The molecule has 0 bridgehead atoms. The molecule has 0 spiro atoms. The topological polar surface area (TPSA) is 79.8 Å². The van der Waals surface area contributed by atoms with Crippen molar-refractivity contribution in [2.75, 3.05) is 7.11 Å². The molecule has 5 rings (SSSR count). The van der Waals surface area contributed by atoms with Gasteiger partial charge in [-0.15, -0.1) is 0 Å². The van der Waals surface area contributed by atoms with Crippen molar-refractivity contribution >= 4 is 11.6 Å². The maximum Gasteiger partial charge on any atom is 0.251 e. The fourth-order valence-electron chi connectivity index (χ4n) is 3.47. The van der Waals surface area contributed by atoms with E-state index in [1.165, 1.54) is 69.9 Å². The zero-order valence-electron chi connectivity index (χ0n) is 17.6. The Morgan fingerprint density at radius 1 is 0.941 bits per heavy atom. The first kappa shape index (κ1) is 21.5. The van der Waals surface area contributed by atoms with Crippen molar-refractivity contribution < 1.29 is 13.5 Å². The average Bonchev–Trinajstić information content (AvgIpc) is 3.53. The normalized spacial score (nSPS) is 11.1. The molecule has 11 heteroatoms. The number of halogens is 3. The van der Waals surface area contributed by atoms with Gasteiger partial charge in [0, 0.05) is 23.5 Å². The standard InChI is InChI=1S/C23H15ClF2N6O2/c1-34-21-13-31(18-6-4-15(12-17(18)26)30-10-2-8-27-30)29-22(23(21)33)19-7-9-28-32(19)20-11-14(24)3-5-16(20)25/h2-13H,1H3. The van der Waals surface area contributed by atoms with Gasteiger partial charge in [0.1, 0.15) is 17.2 Å². The second kappa shape index (κ2) is 8.56. The second-order valence-corrected chi connectivity index (χ2v) is 7.57. The fraction of sp³-hybridized carbons (Fsp3) is 0.0435. The smallest absolute Gasteiger partial charge is 0.251 e. The van der Waals surface area contributed by atoms with E-state index in [1.54, 1.807) is 24.5 Å². The van der Waals surface area contributed by atoms with Gasteiger partial charge in [0.15, 0.2) is 17.3 Å². The van der Waals surface area contributed by atoms with Gasteiger partial charge in [-0.1, -0.05) is 11.6 Å². The highest BCUT2D eigenvalue weighted by molar-refractivity contribution is 6.30. The monoisotopic (exact) mass is 480 g/mol. The molecule has 0 aliphatic rings. The maximum absolute atomic E-state index is 15.1. The number of nitrogens with zero attached hydrogens (tertiary/aromatic N) is 6. The molecule has 5 aromatic rings. The SMILES string of the molecule is COc1cn(-c2ccc(-n3cccn3)cc2F)nc(-c2ccnn2-c2cc(Cl)ccc2F)c1=O. The predicted molar refractivity (Wildman–Crippen MR) is 121 cm³/mol. The quantitative estimate of drug-likeness (QED) is 0.376. The van der Waals surface area contributed by atoms with Gasteiger partial charge in [-0.2, -0.15) is 15.3 Å². The number of rotatable bonds is 5. The van der Waals surface area contributed by atoms with Crippen molar-refractivity contribution in [3.63, 3.8) is 0 Å². The van der Waals surface area contributed by atoms with E-state index >= 15 is 4.39 Å². The molecule has 0 aliphatic heterocycles. The van der Waals surface area contributed by atoms with E-state index in [9.17, 15) is 9.18 Å². The molecule has 0 amide bonds.